The van der Waals surface area contributed by atoms with E-state index in [9.17, 15) is 0 Å². The number of benzene rings is 1. The molecule has 3 nitrogen and oxygen atoms in total. The van der Waals surface area contributed by atoms with Crippen molar-refractivity contribution in [2.45, 2.75) is 26.7 Å². The Bertz CT molecular complexity index is 632. The molecule has 19 heavy (non-hydrogen) atoms. The van der Waals surface area contributed by atoms with Crippen molar-refractivity contribution in [3.8, 4) is 11.3 Å². The van der Waals surface area contributed by atoms with E-state index in [0.29, 0.717) is 5.82 Å². The minimum absolute atomic E-state index is 0.587. The minimum atomic E-state index is 0.587. The molecule has 3 rings (SSSR count). The van der Waals surface area contributed by atoms with E-state index in [1.807, 2.05) is 6.07 Å². The van der Waals surface area contributed by atoms with Crippen molar-refractivity contribution in [3.05, 3.63) is 41.0 Å². The third-order valence-corrected chi connectivity index (χ3v) is 3.92. The van der Waals surface area contributed by atoms with E-state index in [0.717, 1.165) is 30.8 Å². The molecule has 1 aromatic heterocycles. The summed E-state index contributed by atoms with van der Waals surface area (Å²) in [5.41, 5.74) is 13.2. The van der Waals surface area contributed by atoms with E-state index in [1.54, 1.807) is 0 Å². The average Bonchev–Trinajstić information content (AvgIpc) is 2.41. The predicted molar refractivity (Wildman–Crippen MR) is 80.4 cm³/mol. The van der Waals surface area contributed by atoms with Crippen LogP contribution in [0.2, 0.25) is 0 Å². The summed E-state index contributed by atoms with van der Waals surface area (Å²) in [4.78, 5) is 4.60. The van der Waals surface area contributed by atoms with Gasteiger partial charge in [-0.2, -0.15) is 0 Å². The predicted octanol–water partition coefficient (Wildman–Crippen LogP) is 3.31. The molecule has 0 amide bonds. The van der Waals surface area contributed by atoms with Crippen molar-refractivity contribution >= 4 is 11.5 Å². The van der Waals surface area contributed by atoms with Gasteiger partial charge in [0.25, 0.3) is 0 Å². The van der Waals surface area contributed by atoms with Gasteiger partial charge in [0, 0.05) is 29.4 Å². The Morgan fingerprint density at radius 2 is 2.11 bits per heavy atom. The van der Waals surface area contributed by atoms with Crippen LogP contribution in [0.5, 0.6) is 0 Å². The van der Waals surface area contributed by atoms with Gasteiger partial charge in [0.15, 0.2) is 0 Å². The second-order valence-corrected chi connectivity index (χ2v) is 5.20. The molecule has 0 unspecified atom stereocenters. The number of hydrogen-bond donors (Lipinski definition) is 2. The van der Waals surface area contributed by atoms with E-state index in [4.69, 9.17) is 5.73 Å². The van der Waals surface area contributed by atoms with Crippen LogP contribution in [0, 0.1) is 13.8 Å². The van der Waals surface area contributed by atoms with E-state index in [-0.39, 0.29) is 0 Å². The Morgan fingerprint density at radius 1 is 1.26 bits per heavy atom. The second kappa shape index (κ2) is 4.57. The second-order valence-electron chi connectivity index (χ2n) is 5.20. The monoisotopic (exact) mass is 253 g/mol. The third-order valence-electron chi connectivity index (χ3n) is 3.92. The first-order valence-corrected chi connectivity index (χ1v) is 6.76. The lowest BCUT2D eigenvalue weighted by molar-refractivity contribution is 0.827. The lowest BCUT2D eigenvalue weighted by atomic mass is 9.93. The molecule has 0 bridgehead atoms. The highest BCUT2D eigenvalue weighted by atomic mass is 14.9. The van der Waals surface area contributed by atoms with Crippen LogP contribution in [0.3, 0.4) is 0 Å². The summed E-state index contributed by atoms with van der Waals surface area (Å²) in [6.45, 7) is 5.30. The summed E-state index contributed by atoms with van der Waals surface area (Å²) in [5, 5.41) is 3.43. The summed E-state index contributed by atoms with van der Waals surface area (Å²) in [5.74, 6) is 0.587. The molecule has 0 atom stereocenters. The van der Waals surface area contributed by atoms with Gasteiger partial charge in [0.2, 0.25) is 0 Å². The first-order valence-electron chi connectivity index (χ1n) is 6.76. The SMILES string of the molecule is Cc1cccc(-c2nc(N)cc3c2CCCN3)c1C. The zero-order valence-electron chi connectivity index (χ0n) is 11.5. The van der Waals surface area contributed by atoms with E-state index in [2.05, 4.69) is 42.3 Å². The summed E-state index contributed by atoms with van der Waals surface area (Å²) < 4.78 is 0. The first-order chi connectivity index (χ1) is 9.16. The number of pyridine rings is 1. The van der Waals surface area contributed by atoms with Gasteiger partial charge in [0.05, 0.1) is 5.69 Å². The molecule has 3 N–H and O–H groups in total. The number of fused-ring (bicyclic) bond motifs is 1. The van der Waals surface area contributed by atoms with E-state index >= 15 is 0 Å². The molecule has 98 valence electrons. The molecule has 1 aliphatic rings. The number of nitrogen functional groups attached to an aromatic ring is 1. The molecular weight excluding hydrogens is 234 g/mol. The van der Waals surface area contributed by atoms with Crippen LogP contribution in [-0.4, -0.2) is 11.5 Å². The van der Waals surface area contributed by atoms with Crippen LogP contribution in [0.15, 0.2) is 24.3 Å². The molecular formula is C16H19N3. The number of rotatable bonds is 1. The van der Waals surface area contributed by atoms with Gasteiger partial charge in [-0.05, 0) is 37.8 Å². The fraction of sp³-hybridized carbons (Fsp3) is 0.312. The van der Waals surface area contributed by atoms with Gasteiger partial charge >= 0.3 is 0 Å². The summed E-state index contributed by atoms with van der Waals surface area (Å²) in [6.07, 6.45) is 2.22. The largest absolute Gasteiger partial charge is 0.385 e. The van der Waals surface area contributed by atoms with Gasteiger partial charge in [0.1, 0.15) is 5.82 Å². The number of hydrogen-bond acceptors (Lipinski definition) is 3. The fourth-order valence-electron chi connectivity index (χ4n) is 2.72. The van der Waals surface area contributed by atoms with Gasteiger partial charge in [-0.15, -0.1) is 0 Å². The molecule has 0 saturated heterocycles. The van der Waals surface area contributed by atoms with Crippen molar-refractivity contribution in [1.82, 2.24) is 4.98 Å². The fourth-order valence-corrected chi connectivity index (χ4v) is 2.72. The van der Waals surface area contributed by atoms with E-state index < -0.39 is 0 Å². The molecule has 0 aliphatic carbocycles. The van der Waals surface area contributed by atoms with Crippen LogP contribution in [-0.2, 0) is 6.42 Å². The standard InChI is InChI=1S/C16H19N3/c1-10-5-3-6-12(11(10)2)16-13-7-4-8-18-14(13)9-15(17)19-16/h3,5-6,9,18H,4,7-8H2,1-2H3,(H2,17,19). The molecule has 3 heteroatoms. The Hall–Kier alpha value is -2.03. The maximum absolute atomic E-state index is 5.96. The molecule has 1 aromatic carbocycles. The molecule has 1 aliphatic heterocycles. The van der Waals surface area contributed by atoms with Crippen molar-refractivity contribution in [3.63, 3.8) is 0 Å². The first kappa shape index (κ1) is 12.0. The maximum Gasteiger partial charge on any atom is 0.126 e. The number of nitrogens with zero attached hydrogens (tertiary/aromatic N) is 1. The Morgan fingerprint density at radius 3 is 2.95 bits per heavy atom. The topological polar surface area (TPSA) is 50.9 Å². The zero-order chi connectivity index (χ0) is 13.4. The number of aromatic nitrogens is 1. The zero-order valence-corrected chi connectivity index (χ0v) is 11.5. The average molecular weight is 253 g/mol. The van der Waals surface area contributed by atoms with Gasteiger partial charge < -0.3 is 11.1 Å². The molecule has 2 aromatic rings. The molecule has 2 heterocycles. The van der Waals surface area contributed by atoms with Crippen LogP contribution >= 0.6 is 0 Å². The number of anilines is 2. The van der Waals surface area contributed by atoms with Gasteiger partial charge in [-0.1, -0.05) is 18.2 Å². The maximum atomic E-state index is 5.96. The summed E-state index contributed by atoms with van der Waals surface area (Å²) in [6, 6.07) is 8.31. The van der Waals surface area contributed by atoms with E-state index in [1.165, 1.54) is 22.3 Å². The number of aryl methyl sites for hydroxylation is 1. The quantitative estimate of drug-likeness (QED) is 0.819. The van der Waals surface area contributed by atoms with Crippen molar-refractivity contribution < 1.29 is 0 Å². The molecule has 0 spiro atoms. The molecule has 0 radical (unpaired) electrons. The highest BCUT2D eigenvalue weighted by molar-refractivity contribution is 5.76. The van der Waals surface area contributed by atoms with Crippen molar-refractivity contribution in [2.24, 2.45) is 0 Å². The lowest BCUT2D eigenvalue weighted by Gasteiger charge is -2.22. The minimum Gasteiger partial charge on any atom is -0.385 e. The Labute approximate surface area is 113 Å². The Balaban J connectivity index is 2.24. The highest BCUT2D eigenvalue weighted by Crippen LogP contribution is 2.34. The van der Waals surface area contributed by atoms with Crippen molar-refractivity contribution in [2.75, 3.05) is 17.6 Å². The Kier molecular flexibility index (Phi) is 2.90. The van der Waals surface area contributed by atoms with Crippen molar-refractivity contribution in [1.29, 1.82) is 0 Å². The van der Waals surface area contributed by atoms with Crippen LogP contribution in [0.25, 0.3) is 11.3 Å². The smallest absolute Gasteiger partial charge is 0.126 e. The summed E-state index contributed by atoms with van der Waals surface area (Å²) >= 11 is 0. The molecule has 0 saturated carbocycles. The highest BCUT2D eigenvalue weighted by Gasteiger charge is 2.17. The van der Waals surface area contributed by atoms with Crippen LogP contribution in [0.1, 0.15) is 23.1 Å². The van der Waals surface area contributed by atoms with Gasteiger partial charge in [-0.3, -0.25) is 0 Å². The normalized spacial score (nSPS) is 13.8. The lowest BCUT2D eigenvalue weighted by Crippen LogP contribution is -2.14. The van der Waals surface area contributed by atoms with Crippen LogP contribution in [0.4, 0.5) is 11.5 Å². The van der Waals surface area contributed by atoms with Gasteiger partial charge in [-0.25, -0.2) is 4.98 Å². The number of nitrogens with two attached hydrogens (primary N) is 1. The molecule has 0 fully saturated rings. The third kappa shape index (κ3) is 2.05. The summed E-state index contributed by atoms with van der Waals surface area (Å²) in [7, 11) is 0. The number of nitrogens with one attached hydrogen (secondary N) is 1. The van der Waals surface area contributed by atoms with Crippen LogP contribution < -0.4 is 11.1 Å².